The van der Waals surface area contributed by atoms with Gasteiger partial charge in [0.1, 0.15) is 6.04 Å². The van der Waals surface area contributed by atoms with Gasteiger partial charge in [-0.3, -0.25) is 14.4 Å². The number of halogens is 1. The molecule has 0 heterocycles. The van der Waals surface area contributed by atoms with Crippen LogP contribution in [0.5, 0.6) is 0 Å². The molecule has 130 valence electrons. The largest absolute Gasteiger partial charge is 0.455 e. The third kappa shape index (κ3) is 4.26. The van der Waals surface area contributed by atoms with E-state index < -0.39 is 29.9 Å². The summed E-state index contributed by atoms with van der Waals surface area (Å²) in [6.07, 6.45) is 1.37. The summed E-state index contributed by atoms with van der Waals surface area (Å²) in [5.41, 5.74) is 0.170. The number of nitrogens with one attached hydrogen (secondary N) is 2. The number of ether oxygens (including phenoxy) is 1. The van der Waals surface area contributed by atoms with E-state index in [4.69, 9.17) is 16.3 Å². The number of carbonyl (C=O) groups excluding carboxylic acids is 3. The van der Waals surface area contributed by atoms with Crippen molar-refractivity contribution in [2.75, 3.05) is 13.2 Å². The Morgan fingerprint density at radius 2 is 1.88 bits per heavy atom. The molecule has 2 rings (SSSR count). The third-order valence-corrected chi connectivity index (χ3v) is 4.25. The summed E-state index contributed by atoms with van der Waals surface area (Å²) in [6, 6.07) is 6.37. The van der Waals surface area contributed by atoms with Crippen LogP contribution < -0.4 is 10.6 Å². The van der Waals surface area contributed by atoms with Gasteiger partial charge in [0, 0.05) is 11.6 Å². The molecule has 1 aromatic carbocycles. The van der Waals surface area contributed by atoms with Crippen LogP contribution in [-0.2, 0) is 24.5 Å². The number of carbonyl (C=O) groups is 3. The number of hydrogen-bond donors (Lipinski definition) is 2. The van der Waals surface area contributed by atoms with Crippen molar-refractivity contribution in [2.24, 2.45) is 0 Å². The monoisotopic (exact) mass is 352 g/mol. The van der Waals surface area contributed by atoms with Gasteiger partial charge in [0.25, 0.3) is 5.91 Å². The number of amides is 2. The molecule has 1 aliphatic rings. The standard InChI is InChI=1S/C17H21ClN2O4/c1-3-19-15(22)11(2)20-14(21)10-24-16(23)17(8-9-17)12-4-6-13(18)7-5-12/h4-7,11H,3,8-10H2,1-2H3,(H,19,22)(H,20,21)/t11-/m1/s1. The molecule has 6 nitrogen and oxygen atoms in total. The number of hydrogen-bond acceptors (Lipinski definition) is 4. The first kappa shape index (κ1) is 18.3. The minimum absolute atomic E-state index is 0.281. The molecule has 24 heavy (non-hydrogen) atoms. The fourth-order valence-corrected chi connectivity index (χ4v) is 2.58. The van der Waals surface area contributed by atoms with Crippen molar-refractivity contribution in [2.45, 2.75) is 38.1 Å². The van der Waals surface area contributed by atoms with Gasteiger partial charge in [-0.25, -0.2) is 0 Å². The molecule has 0 unspecified atom stereocenters. The Labute approximate surface area is 145 Å². The molecule has 0 bridgehead atoms. The van der Waals surface area contributed by atoms with Crippen LogP contribution in [0.4, 0.5) is 0 Å². The summed E-state index contributed by atoms with van der Waals surface area (Å²) in [6.45, 7) is 3.44. The fraction of sp³-hybridized carbons (Fsp3) is 0.471. The first-order valence-corrected chi connectivity index (χ1v) is 8.27. The quantitative estimate of drug-likeness (QED) is 0.729. The normalized spacial score (nSPS) is 16.0. The second-order valence-electron chi connectivity index (χ2n) is 5.85. The Balaban J connectivity index is 1.85. The van der Waals surface area contributed by atoms with Crippen LogP contribution in [0.25, 0.3) is 0 Å². The molecule has 0 spiro atoms. The van der Waals surface area contributed by atoms with Gasteiger partial charge in [-0.15, -0.1) is 0 Å². The summed E-state index contributed by atoms with van der Waals surface area (Å²) >= 11 is 5.86. The van der Waals surface area contributed by atoms with Crippen LogP contribution in [-0.4, -0.2) is 37.0 Å². The molecule has 1 atom stereocenters. The van der Waals surface area contributed by atoms with Crippen LogP contribution in [0.15, 0.2) is 24.3 Å². The van der Waals surface area contributed by atoms with E-state index in [9.17, 15) is 14.4 Å². The minimum Gasteiger partial charge on any atom is -0.455 e. The Bertz CT molecular complexity index is 626. The molecule has 0 radical (unpaired) electrons. The van der Waals surface area contributed by atoms with Gasteiger partial charge in [-0.2, -0.15) is 0 Å². The summed E-state index contributed by atoms with van der Waals surface area (Å²) in [7, 11) is 0. The van der Waals surface area contributed by atoms with E-state index >= 15 is 0 Å². The van der Waals surface area contributed by atoms with Crippen LogP contribution in [0.1, 0.15) is 32.3 Å². The highest BCUT2D eigenvalue weighted by Crippen LogP contribution is 2.49. The van der Waals surface area contributed by atoms with Gasteiger partial charge in [0.2, 0.25) is 5.91 Å². The molecule has 1 fully saturated rings. The van der Waals surface area contributed by atoms with E-state index in [1.54, 1.807) is 38.1 Å². The van der Waals surface area contributed by atoms with Gasteiger partial charge >= 0.3 is 5.97 Å². The molecule has 0 saturated heterocycles. The molecule has 2 amide bonds. The predicted molar refractivity (Wildman–Crippen MR) is 89.6 cm³/mol. The van der Waals surface area contributed by atoms with Crippen molar-refractivity contribution in [3.05, 3.63) is 34.9 Å². The fourth-order valence-electron chi connectivity index (χ4n) is 2.45. The van der Waals surface area contributed by atoms with Crippen LogP contribution in [0, 0.1) is 0 Å². The van der Waals surface area contributed by atoms with Crippen LogP contribution >= 0.6 is 11.6 Å². The lowest BCUT2D eigenvalue weighted by Gasteiger charge is -2.16. The average Bonchev–Trinajstić information content (AvgIpc) is 3.35. The maximum absolute atomic E-state index is 12.3. The lowest BCUT2D eigenvalue weighted by atomic mass is 9.96. The van der Waals surface area contributed by atoms with Crippen molar-refractivity contribution >= 4 is 29.4 Å². The van der Waals surface area contributed by atoms with E-state index in [1.807, 2.05) is 0 Å². The molecular weight excluding hydrogens is 332 g/mol. The summed E-state index contributed by atoms with van der Waals surface area (Å²) in [5, 5.41) is 5.70. The highest BCUT2D eigenvalue weighted by atomic mass is 35.5. The lowest BCUT2D eigenvalue weighted by molar-refractivity contribution is -0.151. The Morgan fingerprint density at radius 3 is 2.42 bits per heavy atom. The van der Waals surface area contributed by atoms with E-state index in [1.165, 1.54) is 0 Å². The van der Waals surface area contributed by atoms with E-state index in [0.29, 0.717) is 24.4 Å². The van der Waals surface area contributed by atoms with Gasteiger partial charge < -0.3 is 15.4 Å². The topological polar surface area (TPSA) is 84.5 Å². The lowest BCUT2D eigenvalue weighted by Crippen LogP contribution is -2.46. The zero-order valence-electron chi connectivity index (χ0n) is 13.7. The number of esters is 1. The third-order valence-electron chi connectivity index (χ3n) is 3.99. The maximum Gasteiger partial charge on any atom is 0.317 e. The maximum atomic E-state index is 12.3. The van der Waals surface area contributed by atoms with E-state index in [-0.39, 0.29) is 5.91 Å². The van der Waals surface area contributed by atoms with Crippen molar-refractivity contribution in [3.63, 3.8) is 0 Å². The second kappa shape index (κ2) is 7.66. The molecule has 2 N–H and O–H groups in total. The number of rotatable bonds is 7. The Hall–Kier alpha value is -2.08. The first-order chi connectivity index (χ1) is 11.4. The zero-order valence-corrected chi connectivity index (χ0v) is 14.5. The molecule has 1 saturated carbocycles. The summed E-state index contributed by atoms with van der Waals surface area (Å²) < 4.78 is 5.14. The van der Waals surface area contributed by atoms with Gasteiger partial charge in [-0.05, 0) is 44.4 Å². The van der Waals surface area contributed by atoms with Crippen molar-refractivity contribution in [1.82, 2.24) is 10.6 Å². The molecule has 1 aromatic rings. The Kier molecular flexibility index (Phi) is 5.83. The van der Waals surface area contributed by atoms with E-state index in [2.05, 4.69) is 10.6 Å². The van der Waals surface area contributed by atoms with Crippen molar-refractivity contribution in [3.8, 4) is 0 Å². The molecular formula is C17H21ClN2O4. The molecule has 0 aromatic heterocycles. The minimum atomic E-state index is -0.678. The number of likely N-dealkylation sites (N-methyl/N-ethyl adjacent to an activating group) is 1. The predicted octanol–water partition coefficient (Wildman–Crippen LogP) is 1.56. The molecule has 7 heteroatoms. The van der Waals surface area contributed by atoms with Crippen LogP contribution in [0.3, 0.4) is 0 Å². The zero-order chi connectivity index (χ0) is 17.7. The highest BCUT2D eigenvalue weighted by molar-refractivity contribution is 6.30. The average molecular weight is 353 g/mol. The smallest absolute Gasteiger partial charge is 0.317 e. The van der Waals surface area contributed by atoms with Gasteiger partial charge in [0.15, 0.2) is 6.61 Å². The SMILES string of the molecule is CCNC(=O)[C@@H](C)NC(=O)COC(=O)C1(c2ccc(Cl)cc2)CC1. The molecule has 1 aliphatic carbocycles. The first-order valence-electron chi connectivity index (χ1n) is 7.89. The number of benzene rings is 1. The Morgan fingerprint density at radius 1 is 1.25 bits per heavy atom. The van der Waals surface area contributed by atoms with Gasteiger partial charge in [-0.1, -0.05) is 23.7 Å². The molecule has 0 aliphatic heterocycles. The summed E-state index contributed by atoms with van der Waals surface area (Å²) in [5.74, 6) is -1.21. The van der Waals surface area contributed by atoms with Crippen molar-refractivity contribution in [1.29, 1.82) is 0 Å². The van der Waals surface area contributed by atoms with Gasteiger partial charge in [0.05, 0.1) is 5.41 Å². The van der Waals surface area contributed by atoms with Crippen LogP contribution in [0.2, 0.25) is 5.02 Å². The second-order valence-corrected chi connectivity index (χ2v) is 6.29. The van der Waals surface area contributed by atoms with E-state index in [0.717, 1.165) is 5.56 Å². The summed E-state index contributed by atoms with van der Waals surface area (Å²) in [4.78, 5) is 35.7. The highest BCUT2D eigenvalue weighted by Gasteiger charge is 2.52. The van der Waals surface area contributed by atoms with Crippen molar-refractivity contribution < 1.29 is 19.1 Å².